The van der Waals surface area contributed by atoms with Crippen molar-refractivity contribution in [1.82, 2.24) is 0 Å². The van der Waals surface area contributed by atoms with Gasteiger partial charge in [0, 0.05) is 32.1 Å². The number of hydrogen-bond acceptors (Lipinski definition) is 6. The zero-order valence-electron chi connectivity index (χ0n) is 11.6. The average Bonchev–Trinajstić information content (AvgIpc) is 2.47. The van der Waals surface area contributed by atoms with Crippen LogP contribution < -0.4 is 15.1 Å². The van der Waals surface area contributed by atoms with Crippen molar-refractivity contribution < 1.29 is 18.7 Å². The minimum Gasteiger partial charge on any atom is -0.440 e. The smallest absolute Gasteiger partial charge is 0.308 e. The van der Waals surface area contributed by atoms with Crippen molar-refractivity contribution in [2.45, 2.75) is 6.92 Å². The Morgan fingerprint density at radius 3 is 2.71 bits per heavy atom. The van der Waals surface area contributed by atoms with Crippen LogP contribution in [0.3, 0.4) is 0 Å². The molecule has 0 amide bonds. The van der Waals surface area contributed by atoms with Crippen molar-refractivity contribution in [2.24, 2.45) is 0 Å². The van der Waals surface area contributed by atoms with Crippen LogP contribution in [0.25, 0.3) is 11.0 Å². The molecule has 110 valence electrons. The van der Waals surface area contributed by atoms with Crippen LogP contribution in [0.1, 0.15) is 6.92 Å². The molecule has 0 radical (unpaired) electrons. The van der Waals surface area contributed by atoms with E-state index < -0.39 is 5.97 Å². The number of carbonyl (C=O) groups is 1. The Labute approximate surface area is 120 Å². The number of anilines is 1. The molecule has 2 heterocycles. The molecule has 1 saturated heterocycles. The van der Waals surface area contributed by atoms with Crippen molar-refractivity contribution in [3.8, 4) is 5.75 Å². The Bertz CT molecular complexity index is 730. The lowest BCUT2D eigenvalue weighted by atomic mass is 10.2. The molecule has 6 nitrogen and oxygen atoms in total. The fourth-order valence-corrected chi connectivity index (χ4v) is 2.29. The molecule has 0 saturated carbocycles. The first kappa shape index (κ1) is 13.6. The third-order valence-electron chi connectivity index (χ3n) is 3.27. The molecule has 1 aromatic heterocycles. The second kappa shape index (κ2) is 5.57. The maximum absolute atomic E-state index is 12.2. The van der Waals surface area contributed by atoms with Crippen molar-refractivity contribution in [3.63, 3.8) is 0 Å². The predicted molar refractivity (Wildman–Crippen MR) is 76.8 cm³/mol. The first-order valence-corrected chi connectivity index (χ1v) is 6.72. The van der Waals surface area contributed by atoms with Crippen LogP contribution in [0.5, 0.6) is 5.75 Å². The topological polar surface area (TPSA) is 69.0 Å². The Balaban J connectivity index is 2.03. The standard InChI is InChI=1S/C15H15NO5/c1-10(17)20-11-2-3-12-13(18)9-15(21-14(12)8-11)16-4-6-19-7-5-16/h2-3,8-9H,4-7H2,1H3. The van der Waals surface area contributed by atoms with Crippen molar-refractivity contribution >= 4 is 22.8 Å². The maximum Gasteiger partial charge on any atom is 0.308 e. The van der Waals surface area contributed by atoms with Gasteiger partial charge in [-0.05, 0) is 12.1 Å². The largest absolute Gasteiger partial charge is 0.440 e. The molecule has 0 aliphatic carbocycles. The second-order valence-corrected chi connectivity index (χ2v) is 4.80. The fourth-order valence-electron chi connectivity index (χ4n) is 2.29. The third kappa shape index (κ3) is 2.90. The van der Waals surface area contributed by atoms with E-state index in [0.29, 0.717) is 48.9 Å². The highest BCUT2D eigenvalue weighted by Crippen LogP contribution is 2.23. The molecule has 1 aromatic carbocycles. The molecule has 1 aliphatic heterocycles. The molecule has 0 atom stereocenters. The van der Waals surface area contributed by atoms with Crippen LogP contribution in [0.2, 0.25) is 0 Å². The van der Waals surface area contributed by atoms with Crippen molar-refractivity contribution in [1.29, 1.82) is 0 Å². The molecule has 0 spiro atoms. The minimum atomic E-state index is -0.416. The first-order valence-electron chi connectivity index (χ1n) is 6.72. The van der Waals surface area contributed by atoms with Crippen LogP contribution in [0.15, 0.2) is 33.5 Å². The number of nitrogens with zero attached hydrogens (tertiary/aromatic N) is 1. The molecule has 0 bridgehead atoms. The van der Waals surface area contributed by atoms with Crippen LogP contribution in [0, 0.1) is 0 Å². The zero-order chi connectivity index (χ0) is 14.8. The third-order valence-corrected chi connectivity index (χ3v) is 3.27. The Kier molecular flexibility index (Phi) is 3.62. The summed E-state index contributed by atoms with van der Waals surface area (Å²) in [5.74, 6) is 0.453. The number of hydrogen-bond donors (Lipinski definition) is 0. The Hall–Kier alpha value is -2.34. The Morgan fingerprint density at radius 1 is 1.24 bits per heavy atom. The van der Waals surface area contributed by atoms with E-state index >= 15 is 0 Å². The summed E-state index contributed by atoms with van der Waals surface area (Å²) in [5, 5.41) is 0.461. The molecular weight excluding hydrogens is 274 g/mol. The van der Waals surface area contributed by atoms with E-state index in [4.69, 9.17) is 13.9 Å². The normalized spacial score (nSPS) is 15.2. The van der Waals surface area contributed by atoms with Crippen LogP contribution in [-0.2, 0) is 9.53 Å². The van der Waals surface area contributed by atoms with Gasteiger partial charge in [0.2, 0.25) is 0 Å². The highest BCUT2D eigenvalue weighted by Gasteiger charge is 2.15. The predicted octanol–water partition coefficient (Wildman–Crippen LogP) is 1.55. The molecule has 1 aliphatic rings. The molecule has 3 rings (SSSR count). The number of fused-ring (bicyclic) bond motifs is 1. The van der Waals surface area contributed by atoms with Gasteiger partial charge in [0.05, 0.1) is 18.6 Å². The van der Waals surface area contributed by atoms with E-state index in [1.165, 1.54) is 13.0 Å². The summed E-state index contributed by atoms with van der Waals surface area (Å²) in [6, 6.07) is 6.22. The van der Waals surface area contributed by atoms with E-state index in [-0.39, 0.29) is 5.43 Å². The Morgan fingerprint density at radius 2 is 2.00 bits per heavy atom. The summed E-state index contributed by atoms with van der Waals surface area (Å²) in [4.78, 5) is 25.1. The lowest BCUT2D eigenvalue weighted by Crippen LogP contribution is -2.36. The molecule has 0 N–H and O–H groups in total. The quantitative estimate of drug-likeness (QED) is 0.617. The summed E-state index contributed by atoms with van der Waals surface area (Å²) >= 11 is 0. The summed E-state index contributed by atoms with van der Waals surface area (Å²) in [5.41, 5.74) is 0.287. The highest BCUT2D eigenvalue weighted by atomic mass is 16.5. The van der Waals surface area contributed by atoms with Gasteiger partial charge in [0.25, 0.3) is 0 Å². The zero-order valence-corrected chi connectivity index (χ0v) is 11.6. The van der Waals surface area contributed by atoms with Crippen molar-refractivity contribution in [3.05, 3.63) is 34.5 Å². The number of benzene rings is 1. The highest BCUT2D eigenvalue weighted by molar-refractivity contribution is 5.80. The van der Waals surface area contributed by atoms with Gasteiger partial charge in [0.15, 0.2) is 11.3 Å². The van der Waals surface area contributed by atoms with E-state index in [1.54, 1.807) is 18.2 Å². The van der Waals surface area contributed by atoms with Gasteiger partial charge in [-0.25, -0.2) is 0 Å². The average molecular weight is 289 g/mol. The number of ether oxygens (including phenoxy) is 2. The van der Waals surface area contributed by atoms with Gasteiger partial charge in [-0.15, -0.1) is 0 Å². The number of esters is 1. The molecular formula is C15H15NO5. The number of rotatable bonds is 2. The molecule has 1 fully saturated rings. The van der Waals surface area contributed by atoms with Gasteiger partial charge in [-0.2, -0.15) is 0 Å². The lowest BCUT2D eigenvalue weighted by molar-refractivity contribution is -0.131. The number of carbonyl (C=O) groups excluding carboxylic acids is 1. The first-order chi connectivity index (χ1) is 10.1. The molecule has 6 heteroatoms. The van der Waals surface area contributed by atoms with Gasteiger partial charge in [0.1, 0.15) is 11.3 Å². The monoisotopic (exact) mass is 289 g/mol. The van der Waals surface area contributed by atoms with E-state index in [2.05, 4.69) is 0 Å². The summed E-state index contributed by atoms with van der Waals surface area (Å²) in [7, 11) is 0. The van der Waals surface area contributed by atoms with Crippen LogP contribution >= 0.6 is 0 Å². The SMILES string of the molecule is CC(=O)Oc1ccc2c(=O)cc(N3CCOCC3)oc2c1. The summed E-state index contributed by atoms with van der Waals surface area (Å²) < 4.78 is 16.1. The summed E-state index contributed by atoms with van der Waals surface area (Å²) in [6.45, 7) is 3.89. The fraction of sp³-hybridized carbons (Fsp3) is 0.333. The van der Waals surface area contributed by atoms with E-state index in [0.717, 1.165) is 0 Å². The minimum absolute atomic E-state index is 0.118. The van der Waals surface area contributed by atoms with Gasteiger partial charge in [-0.1, -0.05) is 0 Å². The number of morpholine rings is 1. The van der Waals surface area contributed by atoms with Crippen LogP contribution in [0.4, 0.5) is 5.88 Å². The molecule has 21 heavy (non-hydrogen) atoms. The maximum atomic E-state index is 12.2. The van der Waals surface area contributed by atoms with Crippen molar-refractivity contribution in [2.75, 3.05) is 31.2 Å². The van der Waals surface area contributed by atoms with E-state index in [1.807, 2.05) is 4.90 Å². The second-order valence-electron chi connectivity index (χ2n) is 4.80. The van der Waals surface area contributed by atoms with E-state index in [9.17, 15) is 9.59 Å². The van der Waals surface area contributed by atoms with Crippen LogP contribution in [-0.4, -0.2) is 32.3 Å². The molecule has 0 unspecified atom stereocenters. The van der Waals surface area contributed by atoms with Gasteiger partial charge in [-0.3, -0.25) is 9.59 Å². The van der Waals surface area contributed by atoms with Gasteiger partial charge >= 0.3 is 5.97 Å². The molecule has 2 aromatic rings. The summed E-state index contributed by atoms with van der Waals surface area (Å²) in [6.07, 6.45) is 0. The van der Waals surface area contributed by atoms with Gasteiger partial charge < -0.3 is 18.8 Å². The lowest BCUT2D eigenvalue weighted by Gasteiger charge is -2.27.